The zero-order valence-electron chi connectivity index (χ0n) is 42.9. The van der Waals surface area contributed by atoms with Gasteiger partial charge in [-0.2, -0.15) is 20.2 Å². The normalized spacial score (nSPS) is 19.5. The molecule has 13 heterocycles. The number of rotatable bonds is 10. The number of amides is 2. The first kappa shape index (κ1) is 48.6. The summed E-state index contributed by atoms with van der Waals surface area (Å²) in [4.78, 5) is 66.6. The second-order valence-electron chi connectivity index (χ2n) is 20.8. The summed E-state index contributed by atoms with van der Waals surface area (Å²) in [5.41, 5.74) is 6.04. The maximum Gasteiger partial charge on any atom is 0.300 e. The van der Waals surface area contributed by atoms with E-state index in [1.807, 2.05) is 55.7 Å². The summed E-state index contributed by atoms with van der Waals surface area (Å²) in [7, 11) is 3.71. The number of hydrogen-bond donors (Lipinski definition) is 3. The van der Waals surface area contributed by atoms with E-state index in [9.17, 15) is 14.7 Å². The van der Waals surface area contributed by atoms with Gasteiger partial charge in [0.15, 0.2) is 11.2 Å². The maximum absolute atomic E-state index is 13.8. The lowest BCUT2D eigenvalue weighted by Gasteiger charge is -2.58. The van der Waals surface area contributed by atoms with Crippen molar-refractivity contribution in [1.29, 1.82) is 0 Å². The third-order valence-electron chi connectivity index (χ3n) is 15.3. The SMILES string of the molecule is Cn1cc(-c2cccc(NC(=O)c3cc4oc(N5CCOCC5)nc4nc3N3CC4(CC(O)C4)C3)n2)cn1.Cn1cc(-c2cccc(NC(=O)c3cc4oc(N5CCOCC5)nc4nc3N3CCN4CCCC4C3)n2)cn1. The van der Waals surface area contributed by atoms with E-state index in [1.165, 1.54) is 6.42 Å². The fourth-order valence-electron chi connectivity index (χ4n) is 11.4. The number of nitrogens with one attached hydrogen (secondary N) is 2. The van der Waals surface area contributed by atoms with Crippen LogP contribution in [0, 0.1) is 5.41 Å². The number of nitrogens with zero attached hydrogens (tertiary/aromatic N) is 15. The van der Waals surface area contributed by atoms with Crippen molar-refractivity contribution in [2.45, 2.75) is 37.8 Å². The highest BCUT2D eigenvalue weighted by atomic mass is 16.5. The molecular weight excluding hydrogens is 987 g/mol. The number of oxazole rings is 2. The van der Waals surface area contributed by atoms with Crippen LogP contribution >= 0.6 is 0 Å². The molecule has 2 amide bonds. The number of morpholine rings is 2. The van der Waals surface area contributed by atoms with E-state index in [0.717, 1.165) is 75.4 Å². The van der Waals surface area contributed by atoms with Gasteiger partial charge in [-0.1, -0.05) is 12.1 Å². The number of aryl methyl sites for hydroxylation is 2. The van der Waals surface area contributed by atoms with E-state index in [-0.39, 0.29) is 23.3 Å². The first-order valence-corrected chi connectivity index (χ1v) is 26.3. The van der Waals surface area contributed by atoms with Gasteiger partial charge in [-0.15, -0.1) is 0 Å². The number of fused-ring (bicyclic) bond motifs is 3. The van der Waals surface area contributed by atoms with Crippen LogP contribution in [0.25, 0.3) is 45.0 Å². The molecule has 1 saturated carbocycles. The molecule has 1 spiro atoms. The van der Waals surface area contributed by atoms with Crippen molar-refractivity contribution in [2.75, 3.05) is 122 Å². The average molecular weight is 1050 g/mol. The van der Waals surface area contributed by atoms with Crippen LogP contribution in [0.3, 0.4) is 0 Å². The van der Waals surface area contributed by atoms with E-state index >= 15 is 0 Å². The summed E-state index contributed by atoms with van der Waals surface area (Å²) in [6, 6.07) is 16.0. The number of carbonyl (C=O) groups is 2. The Morgan fingerprint density at radius 3 is 1.64 bits per heavy atom. The van der Waals surface area contributed by atoms with Crippen molar-refractivity contribution in [2.24, 2.45) is 19.5 Å². The molecule has 0 radical (unpaired) electrons. The highest BCUT2D eigenvalue weighted by Gasteiger charge is 2.53. The maximum atomic E-state index is 13.8. The number of anilines is 6. The molecule has 5 aliphatic heterocycles. The van der Waals surface area contributed by atoms with Gasteiger partial charge < -0.3 is 53.6 Å². The number of ether oxygens (including phenoxy) is 2. The van der Waals surface area contributed by atoms with Gasteiger partial charge >= 0.3 is 0 Å². The van der Waals surface area contributed by atoms with E-state index in [4.69, 9.17) is 33.3 Å². The molecule has 8 aromatic heterocycles. The lowest BCUT2D eigenvalue weighted by Crippen LogP contribution is -2.64. The lowest BCUT2D eigenvalue weighted by molar-refractivity contribution is -0.0494. The molecule has 398 valence electrons. The molecule has 1 atom stereocenters. The highest BCUT2D eigenvalue weighted by Crippen LogP contribution is 2.50. The van der Waals surface area contributed by atoms with Crippen LogP contribution in [0.2, 0.25) is 0 Å². The van der Waals surface area contributed by atoms with Gasteiger partial charge in [0.2, 0.25) is 11.3 Å². The van der Waals surface area contributed by atoms with Crippen molar-refractivity contribution in [3.63, 3.8) is 0 Å². The third-order valence-corrected chi connectivity index (χ3v) is 15.3. The monoisotopic (exact) mass is 1050 g/mol. The van der Waals surface area contributed by atoms with Gasteiger partial charge in [0.25, 0.3) is 23.8 Å². The zero-order chi connectivity index (χ0) is 52.2. The number of piperazine rings is 1. The molecule has 1 aliphatic carbocycles. The third kappa shape index (κ3) is 9.88. The van der Waals surface area contributed by atoms with Crippen LogP contribution < -0.4 is 30.2 Å². The Balaban J connectivity index is 0.000000147. The summed E-state index contributed by atoms with van der Waals surface area (Å²) in [5, 5.41) is 24.2. The summed E-state index contributed by atoms with van der Waals surface area (Å²) in [6.07, 6.45) is 11.0. The van der Waals surface area contributed by atoms with E-state index < -0.39 is 0 Å². The van der Waals surface area contributed by atoms with Gasteiger partial charge in [0.05, 0.1) is 67.4 Å². The van der Waals surface area contributed by atoms with E-state index in [0.29, 0.717) is 133 Å². The Labute approximate surface area is 442 Å². The topological polar surface area (TPSA) is 252 Å². The second-order valence-corrected chi connectivity index (χ2v) is 20.8. The molecule has 8 aromatic rings. The van der Waals surface area contributed by atoms with Crippen molar-refractivity contribution >= 4 is 69.6 Å². The smallest absolute Gasteiger partial charge is 0.300 e. The van der Waals surface area contributed by atoms with Crippen molar-refractivity contribution < 1.29 is 33.0 Å². The predicted octanol–water partition coefficient (Wildman–Crippen LogP) is 4.46. The first-order chi connectivity index (χ1) is 37.5. The number of aromatic nitrogens is 10. The number of aliphatic hydroxyl groups excluding tert-OH is 1. The second kappa shape index (κ2) is 20.1. The zero-order valence-corrected chi connectivity index (χ0v) is 42.9. The Morgan fingerprint density at radius 1 is 0.623 bits per heavy atom. The Hall–Kier alpha value is -8.06. The van der Waals surface area contributed by atoms with Crippen LogP contribution in [-0.2, 0) is 23.6 Å². The molecule has 5 saturated heterocycles. The number of pyridine rings is 4. The predicted molar refractivity (Wildman–Crippen MR) is 285 cm³/mol. The molecular formula is C53H59N17O7. The molecule has 14 rings (SSSR count). The van der Waals surface area contributed by atoms with Gasteiger partial charge in [0.1, 0.15) is 23.3 Å². The minimum Gasteiger partial charge on any atom is -0.422 e. The van der Waals surface area contributed by atoms with E-state index in [1.54, 1.807) is 46.0 Å². The van der Waals surface area contributed by atoms with Gasteiger partial charge in [-0.05, 0) is 56.5 Å². The van der Waals surface area contributed by atoms with Crippen LogP contribution in [0.5, 0.6) is 0 Å². The van der Waals surface area contributed by atoms with Crippen LogP contribution in [0.15, 0.2) is 82.2 Å². The van der Waals surface area contributed by atoms with Crippen molar-refractivity contribution in [3.05, 3.63) is 84.4 Å². The molecule has 6 fully saturated rings. The molecule has 0 aromatic carbocycles. The molecule has 1 unspecified atom stereocenters. The van der Waals surface area contributed by atoms with Gasteiger partial charge in [-0.25, -0.2) is 19.9 Å². The average Bonchev–Trinajstić information content (AvgIpc) is 4.35. The van der Waals surface area contributed by atoms with Gasteiger partial charge in [0, 0.05) is 120 Å². The summed E-state index contributed by atoms with van der Waals surface area (Å²) >= 11 is 0. The Bertz CT molecular complexity index is 3470. The molecule has 0 bridgehead atoms. The molecule has 24 heteroatoms. The number of hydrogen-bond acceptors (Lipinski definition) is 20. The van der Waals surface area contributed by atoms with E-state index in [2.05, 4.69) is 55.4 Å². The van der Waals surface area contributed by atoms with Gasteiger partial charge in [-0.3, -0.25) is 23.9 Å². The Kier molecular flexibility index (Phi) is 12.7. The summed E-state index contributed by atoms with van der Waals surface area (Å²) < 4.78 is 26.5. The molecule has 24 nitrogen and oxygen atoms in total. The minimum atomic E-state index is -0.329. The fourth-order valence-corrected chi connectivity index (χ4v) is 11.4. The molecule has 3 N–H and O–H groups in total. The summed E-state index contributed by atoms with van der Waals surface area (Å²) in [5.74, 6) is 1.47. The lowest BCUT2D eigenvalue weighted by atomic mass is 9.62. The van der Waals surface area contributed by atoms with Crippen LogP contribution in [0.1, 0.15) is 46.4 Å². The van der Waals surface area contributed by atoms with Crippen molar-refractivity contribution in [3.8, 4) is 22.5 Å². The largest absolute Gasteiger partial charge is 0.422 e. The molecule has 6 aliphatic rings. The standard InChI is InChI=1S/C27H31N9O3.C26H28N8O4/c1-33-16-18(15-28-33)21-5-2-6-23(29-21)30-26(37)20-14-22-24(32-27(39-22)35-10-12-38-13-11-35)31-25(20)36-9-8-34-7-3-4-19(34)17-36;1-32-13-16(12-27-32)19-3-2-4-21(28-19)29-24(36)18-9-20-22(31-25(38-20)33-5-7-37-8-6-33)30-23(18)34-14-26(15-34)10-17(35)11-26/h2,5-6,14-16,19H,3-4,7-13,17H2,1H3,(H,29,30,37);2-4,9,12-13,17,35H,5-8,10-11,14-15H2,1H3,(H,28,29,36). The summed E-state index contributed by atoms with van der Waals surface area (Å²) in [6.45, 7) is 10.5. The minimum absolute atomic E-state index is 0.103. The van der Waals surface area contributed by atoms with Crippen LogP contribution in [-0.4, -0.2) is 175 Å². The van der Waals surface area contributed by atoms with Crippen molar-refractivity contribution in [1.82, 2.24) is 54.4 Å². The Morgan fingerprint density at radius 2 is 1.14 bits per heavy atom. The number of aliphatic hydroxyl groups is 1. The molecule has 77 heavy (non-hydrogen) atoms. The number of carbonyl (C=O) groups excluding carboxylic acids is 2. The quantitative estimate of drug-likeness (QED) is 0.171. The fraction of sp³-hybridized carbons (Fsp3) is 0.434. The highest BCUT2D eigenvalue weighted by molar-refractivity contribution is 6.10. The van der Waals surface area contributed by atoms with Crippen LogP contribution in [0.4, 0.5) is 35.3 Å². The first-order valence-electron chi connectivity index (χ1n) is 26.3.